The van der Waals surface area contributed by atoms with Gasteiger partial charge in [-0.05, 0) is 35.4 Å². The van der Waals surface area contributed by atoms with Crippen molar-refractivity contribution in [3.8, 4) is 11.5 Å². The van der Waals surface area contributed by atoms with Crippen molar-refractivity contribution in [1.82, 2.24) is 9.55 Å². The fourth-order valence-electron chi connectivity index (χ4n) is 3.37. The molecular formula is C21H22N2O2S. The van der Waals surface area contributed by atoms with E-state index in [1.165, 1.54) is 16.8 Å². The van der Waals surface area contributed by atoms with Crippen molar-refractivity contribution < 1.29 is 9.47 Å². The molecule has 134 valence electrons. The highest BCUT2D eigenvalue weighted by molar-refractivity contribution is 7.99. The van der Waals surface area contributed by atoms with Gasteiger partial charge in [-0.1, -0.05) is 36.0 Å². The second-order valence-corrected chi connectivity index (χ2v) is 7.41. The molecule has 0 N–H and O–H groups in total. The molecular weight excluding hydrogens is 344 g/mol. The number of rotatable bonds is 6. The number of aromatic nitrogens is 2. The van der Waals surface area contributed by atoms with Crippen LogP contribution in [-0.4, -0.2) is 29.5 Å². The Kier molecular flexibility index (Phi) is 4.89. The number of thioether (sulfide) groups is 1. The molecule has 0 aliphatic carbocycles. The molecule has 2 aromatic carbocycles. The van der Waals surface area contributed by atoms with Crippen LogP contribution in [0.5, 0.6) is 11.5 Å². The topological polar surface area (TPSA) is 36.3 Å². The lowest BCUT2D eigenvalue weighted by Crippen LogP contribution is -2.05. The molecule has 0 amide bonds. The Hall–Kier alpha value is -2.40. The van der Waals surface area contributed by atoms with Crippen LogP contribution in [0.25, 0.3) is 0 Å². The zero-order valence-electron chi connectivity index (χ0n) is 15.1. The van der Waals surface area contributed by atoms with Crippen molar-refractivity contribution >= 4 is 11.8 Å². The van der Waals surface area contributed by atoms with Crippen molar-refractivity contribution in [3.05, 3.63) is 71.0 Å². The molecule has 0 spiro atoms. The Morgan fingerprint density at radius 3 is 2.27 bits per heavy atom. The number of ether oxygens (including phenoxy) is 2. The van der Waals surface area contributed by atoms with E-state index in [-0.39, 0.29) is 0 Å². The van der Waals surface area contributed by atoms with Gasteiger partial charge in [0.1, 0.15) is 11.5 Å². The van der Waals surface area contributed by atoms with Crippen LogP contribution >= 0.6 is 11.8 Å². The molecule has 26 heavy (non-hydrogen) atoms. The summed E-state index contributed by atoms with van der Waals surface area (Å²) in [5.74, 6) is 2.89. The zero-order valence-corrected chi connectivity index (χ0v) is 15.9. The fraction of sp³-hybridized carbons (Fsp3) is 0.286. The Morgan fingerprint density at radius 2 is 1.62 bits per heavy atom. The highest BCUT2D eigenvalue weighted by atomic mass is 32.2. The van der Waals surface area contributed by atoms with Crippen LogP contribution in [0.4, 0.5) is 0 Å². The number of imidazole rings is 1. The molecule has 1 aliphatic rings. The SMILES string of the molecule is COc1cccc(Cc2nc3n(c2Cc2cccc(OC)c2)CCS3)c1. The first-order chi connectivity index (χ1) is 12.8. The van der Waals surface area contributed by atoms with Gasteiger partial charge in [-0.3, -0.25) is 0 Å². The Labute approximate surface area is 158 Å². The molecule has 0 atom stereocenters. The maximum Gasteiger partial charge on any atom is 0.168 e. The highest BCUT2D eigenvalue weighted by Gasteiger charge is 2.22. The first-order valence-electron chi connectivity index (χ1n) is 8.74. The molecule has 0 saturated carbocycles. The van der Waals surface area contributed by atoms with Crippen LogP contribution < -0.4 is 9.47 Å². The molecule has 4 nitrogen and oxygen atoms in total. The number of benzene rings is 2. The molecule has 0 radical (unpaired) electrons. The summed E-state index contributed by atoms with van der Waals surface area (Å²) < 4.78 is 13.1. The van der Waals surface area contributed by atoms with E-state index < -0.39 is 0 Å². The van der Waals surface area contributed by atoms with Gasteiger partial charge in [0.25, 0.3) is 0 Å². The van der Waals surface area contributed by atoms with Gasteiger partial charge in [0.15, 0.2) is 5.16 Å². The van der Waals surface area contributed by atoms with E-state index in [1.807, 2.05) is 36.0 Å². The lowest BCUT2D eigenvalue weighted by molar-refractivity contribution is 0.414. The van der Waals surface area contributed by atoms with E-state index in [4.69, 9.17) is 14.5 Å². The molecule has 0 bridgehead atoms. The second kappa shape index (κ2) is 7.46. The first-order valence-corrected chi connectivity index (χ1v) is 9.72. The summed E-state index contributed by atoms with van der Waals surface area (Å²) in [6, 6.07) is 16.5. The zero-order chi connectivity index (χ0) is 17.9. The van der Waals surface area contributed by atoms with Crippen LogP contribution in [0.3, 0.4) is 0 Å². The third-order valence-corrected chi connectivity index (χ3v) is 5.63. The van der Waals surface area contributed by atoms with Crippen LogP contribution in [0.1, 0.15) is 22.5 Å². The first kappa shape index (κ1) is 17.0. The van der Waals surface area contributed by atoms with E-state index in [0.717, 1.165) is 47.5 Å². The predicted molar refractivity (Wildman–Crippen MR) is 105 cm³/mol. The third kappa shape index (κ3) is 3.44. The minimum atomic E-state index is 0.817. The monoisotopic (exact) mass is 366 g/mol. The van der Waals surface area contributed by atoms with Gasteiger partial charge in [0.2, 0.25) is 0 Å². The number of hydrogen-bond acceptors (Lipinski definition) is 4. The summed E-state index contributed by atoms with van der Waals surface area (Å²) in [7, 11) is 3.41. The van der Waals surface area contributed by atoms with Crippen LogP contribution in [0.15, 0.2) is 53.7 Å². The quantitative estimate of drug-likeness (QED) is 0.655. The average Bonchev–Trinajstić information content (AvgIpc) is 3.25. The van der Waals surface area contributed by atoms with Gasteiger partial charge < -0.3 is 14.0 Å². The van der Waals surface area contributed by atoms with Gasteiger partial charge in [-0.25, -0.2) is 4.98 Å². The Balaban J connectivity index is 1.67. The van der Waals surface area contributed by atoms with Crippen LogP contribution in [-0.2, 0) is 19.4 Å². The van der Waals surface area contributed by atoms with Crippen molar-refractivity contribution in [1.29, 1.82) is 0 Å². The van der Waals surface area contributed by atoms with Crippen molar-refractivity contribution in [3.63, 3.8) is 0 Å². The van der Waals surface area contributed by atoms with Gasteiger partial charge in [-0.15, -0.1) is 0 Å². The summed E-state index contributed by atoms with van der Waals surface area (Å²) in [4.78, 5) is 4.93. The van der Waals surface area contributed by atoms with Crippen molar-refractivity contribution in [2.24, 2.45) is 0 Å². The molecule has 4 rings (SSSR count). The minimum absolute atomic E-state index is 0.817. The minimum Gasteiger partial charge on any atom is -0.497 e. The van der Waals surface area contributed by atoms with Gasteiger partial charge in [-0.2, -0.15) is 0 Å². The summed E-state index contributed by atoms with van der Waals surface area (Å²) in [6.45, 7) is 1.03. The third-order valence-electron chi connectivity index (χ3n) is 4.68. The maximum absolute atomic E-state index is 5.38. The largest absolute Gasteiger partial charge is 0.497 e. The standard InChI is InChI=1S/C21H22N2O2S/c1-24-17-7-3-5-15(11-17)13-19-20(23-9-10-26-21(23)22-19)14-16-6-4-8-18(12-16)25-2/h3-8,11-12H,9-10,13-14H2,1-2H3. The summed E-state index contributed by atoms with van der Waals surface area (Å²) >= 11 is 1.84. The Morgan fingerprint density at radius 1 is 0.962 bits per heavy atom. The number of fused-ring (bicyclic) bond motifs is 1. The van der Waals surface area contributed by atoms with E-state index >= 15 is 0 Å². The van der Waals surface area contributed by atoms with Crippen LogP contribution in [0.2, 0.25) is 0 Å². The van der Waals surface area contributed by atoms with Crippen molar-refractivity contribution in [2.75, 3.05) is 20.0 Å². The van der Waals surface area contributed by atoms with Gasteiger partial charge >= 0.3 is 0 Å². The van der Waals surface area contributed by atoms with Crippen molar-refractivity contribution in [2.45, 2.75) is 24.5 Å². The summed E-state index contributed by atoms with van der Waals surface area (Å²) in [6.07, 6.45) is 1.68. The normalized spacial score (nSPS) is 12.8. The number of nitrogens with zero attached hydrogens (tertiary/aromatic N) is 2. The fourth-order valence-corrected chi connectivity index (χ4v) is 4.36. The van der Waals surface area contributed by atoms with E-state index in [1.54, 1.807) is 14.2 Å². The average molecular weight is 366 g/mol. The van der Waals surface area contributed by atoms with Gasteiger partial charge in [0.05, 0.1) is 19.9 Å². The molecule has 0 fully saturated rings. The number of hydrogen-bond donors (Lipinski definition) is 0. The molecule has 0 unspecified atom stereocenters. The number of methoxy groups -OCH3 is 2. The van der Waals surface area contributed by atoms with Gasteiger partial charge in [0, 0.05) is 30.8 Å². The van der Waals surface area contributed by atoms with Crippen LogP contribution in [0, 0.1) is 0 Å². The highest BCUT2D eigenvalue weighted by Crippen LogP contribution is 2.31. The van der Waals surface area contributed by atoms with E-state index in [0.29, 0.717) is 0 Å². The summed E-state index contributed by atoms with van der Waals surface area (Å²) in [5.41, 5.74) is 4.93. The molecule has 1 aromatic heterocycles. The molecule has 3 aromatic rings. The maximum atomic E-state index is 5.38. The lowest BCUT2D eigenvalue weighted by atomic mass is 10.0. The molecule has 2 heterocycles. The molecule has 0 saturated heterocycles. The smallest absolute Gasteiger partial charge is 0.168 e. The summed E-state index contributed by atoms with van der Waals surface area (Å²) in [5, 5.41) is 1.14. The Bertz CT molecular complexity index is 920. The second-order valence-electron chi connectivity index (χ2n) is 6.34. The molecule has 5 heteroatoms. The van der Waals surface area contributed by atoms with E-state index in [2.05, 4.69) is 28.8 Å². The lowest BCUT2D eigenvalue weighted by Gasteiger charge is -2.10. The molecule has 1 aliphatic heterocycles. The van der Waals surface area contributed by atoms with E-state index in [9.17, 15) is 0 Å². The predicted octanol–water partition coefficient (Wildman–Crippen LogP) is 4.19.